The molecule has 0 radical (unpaired) electrons. The van der Waals surface area contributed by atoms with Crippen molar-refractivity contribution < 1.29 is 4.42 Å². The van der Waals surface area contributed by atoms with Crippen molar-refractivity contribution in [1.29, 1.82) is 0 Å². The summed E-state index contributed by atoms with van der Waals surface area (Å²) in [4.78, 5) is 0.916. The standard InChI is InChI=1S/C9H9Cl3S.C6H3ClO/c1-6(5-10)13-9-7(11)3-2-4-8(9)12;7-5-3-4-1-2-6(5)8-4/h2-4,6H,5H2,1H3;1-3H. The molecule has 0 fully saturated rings. The Kier molecular flexibility index (Phi) is 6.39. The predicted octanol–water partition coefficient (Wildman–Crippen LogP) is 7.24. The van der Waals surface area contributed by atoms with Crippen molar-refractivity contribution in [2.24, 2.45) is 0 Å². The number of halogens is 4. The Bertz CT molecular complexity index is 677. The van der Waals surface area contributed by atoms with Gasteiger partial charge >= 0.3 is 0 Å². The van der Waals surface area contributed by atoms with Crippen molar-refractivity contribution in [2.45, 2.75) is 17.1 Å². The van der Waals surface area contributed by atoms with Gasteiger partial charge in [0.1, 0.15) is 11.2 Å². The van der Waals surface area contributed by atoms with Crippen LogP contribution >= 0.6 is 58.2 Å². The van der Waals surface area contributed by atoms with Gasteiger partial charge in [-0.1, -0.05) is 47.8 Å². The lowest BCUT2D eigenvalue weighted by atomic mass is 10.4. The normalized spacial score (nSPS) is 12.2. The maximum atomic E-state index is 5.98. The summed E-state index contributed by atoms with van der Waals surface area (Å²) in [7, 11) is 0. The molecule has 0 aliphatic heterocycles. The minimum absolute atomic E-state index is 0.319. The van der Waals surface area contributed by atoms with E-state index in [-0.39, 0.29) is 0 Å². The zero-order chi connectivity index (χ0) is 15.4. The van der Waals surface area contributed by atoms with Crippen molar-refractivity contribution in [3.05, 3.63) is 51.5 Å². The van der Waals surface area contributed by atoms with Crippen LogP contribution in [0.5, 0.6) is 0 Å². The van der Waals surface area contributed by atoms with Gasteiger partial charge in [-0.15, -0.1) is 23.4 Å². The van der Waals surface area contributed by atoms with Gasteiger partial charge in [-0.05, 0) is 24.3 Å². The molecule has 1 atom stereocenters. The first kappa shape index (κ1) is 17.1. The lowest BCUT2D eigenvalue weighted by Gasteiger charge is -2.10. The van der Waals surface area contributed by atoms with Gasteiger partial charge in [-0.3, -0.25) is 0 Å². The second-order valence-corrected chi connectivity index (χ2v) is 7.31. The number of benzene rings is 2. The summed E-state index contributed by atoms with van der Waals surface area (Å²) in [6, 6.07) is 11.0. The smallest absolute Gasteiger partial charge is 0.146 e. The van der Waals surface area contributed by atoms with Crippen LogP contribution in [0.2, 0.25) is 15.1 Å². The van der Waals surface area contributed by atoms with Crippen molar-refractivity contribution >= 4 is 69.3 Å². The van der Waals surface area contributed by atoms with Crippen LogP contribution in [0.15, 0.2) is 45.7 Å². The summed E-state index contributed by atoms with van der Waals surface area (Å²) in [5.41, 5.74) is 1.63. The Morgan fingerprint density at radius 3 is 2.10 bits per heavy atom. The molecule has 21 heavy (non-hydrogen) atoms. The summed E-state index contributed by atoms with van der Waals surface area (Å²) in [6.45, 7) is 2.04. The average molecular weight is 382 g/mol. The van der Waals surface area contributed by atoms with Crippen molar-refractivity contribution in [2.75, 3.05) is 5.88 Å². The summed E-state index contributed by atoms with van der Waals surface area (Å²) in [5, 5.41) is 2.41. The van der Waals surface area contributed by atoms with Crippen molar-refractivity contribution in [3.63, 3.8) is 0 Å². The minimum atomic E-state index is 0.319. The van der Waals surface area contributed by atoms with E-state index < -0.39 is 0 Å². The maximum Gasteiger partial charge on any atom is 0.146 e. The van der Waals surface area contributed by atoms with E-state index >= 15 is 0 Å². The van der Waals surface area contributed by atoms with Crippen LogP contribution in [-0.4, -0.2) is 11.1 Å². The number of fused-ring (bicyclic) bond motifs is 2. The molecular weight excluding hydrogens is 370 g/mol. The largest absolute Gasteiger partial charge is 0.456 e. The zero-order valence-electron chi connectivity index (χ0n) is 11.1. The summed E-state index contributed by atoms with van der Waals surface area (Å²) in [6.07, 6.45) is 0. The van der Waals surface area contributed by atoms with Crippen LogP contribution in [0.25, 0.3) is 11.2 Å². The van der Waals surface area contributed by atoms with Gasteiger partial charge in [0.25, 0.3) is 0 Å². The number of hydrogen-bond acceptors (Lipinski definition) is 2. The molecule has 1 nitrogen and oxygen atoms in total. The summed E-state index contributed by atoms with van der Waals surface area (Å²) >= 11 is 24.9. The minimum Gasteiger partial charge on any atom is -0.456 e. The molecule has 3 rings (SSSR count). The predicted molar refractivity (Wildman–Crippen MR) is 94.9 cm³/mol. The van der Waals surface area contributed by atoms with Gasteiger partial charge in [0.2, 0.25) is 0 Å². The first-order valence-corrected chi connectivity index (χ1v) is 8.70. The topological polar surface area (TPSA) is 13.1 Å². The molecule has 2 aromatic heterocycles. The Morgan fingerprint density at radius 1 is 1.05 bits per heavy atom. The number of thioether (sulfide) groups is 1. The van der Waals surface area contributed by atoms with E-state index in [0.29, 0.717) is 26.2 Å². The highest BCUT2D eigenvalue weighted by molar-refractivity contribution is 8.00. The molecule has 112 valence electrons. The molecule has 0 saturated heterocycles. The van der Waals surface area contributed by atoms with Gasteiger partial charge in [-0.2, -0.15) is 0 Å². The van der Waals surface area contributed by atoms with E-state index in [9.17, 15) is 0 Å². The summed E-state index contributed by atoms with van der Waals surface area (Å²) < 4.78 is 5.08. The van der Waals surface area contributed by atoms with Crippen LogP contribution < -0.4 is 0 Å². The van der Waals surface area contributed by atoms with Crippen molar-refractivity contribution in [1.82, 2.24) is 0 Å². The highest BCUT2D eigenvalue weighted by Crippen LogP contribution is 2.36. The molecule has 2 heterocycles. The van der Waals surface area contributed by atoms with Gasteiger partial charge in [-0.25, -0.2) is 0 Å². The molecule has 0 aliphatic rings. The third-order valence-corrected chi connectivity index (χ3v) is 5.63. The number of rotatable bonds is 3. The average Bonchev–Trinajstić information content (AvgIpc) is 3.05. The Balaban J connectivity index is 0.000000170. The Labute approximate surface area is 147 Å². The number of furan rings is 2. The number of hydrogen-bond donors (Lipinski definition) is 0. The first-order chi connectivity index (χ1) is 10.0. The third-order valence-electron chi connectivity index (χ3n) is 2.59. The van der Waals surface area contributed by atoms with E-state index in [1.165, 1.54) is 0 Å². The molecule has 2 bridgehead atoms. The van der Waals surface area contributed by atoms with Crippen LogP contribution in [0.1, 0.15) is 6.92 Å². The molecule has 0 aliphatic carbocycles. The second-order valence-electron chi connectivity index (χ2n) is 4.33. The zero-order valence-corrected chi connectivity index (χ0v) is 14.9. The molecule has 1 aromatic carbocycles. The quantitative estimate of drug-likeness (QED) is 0.350. The van der Waals surface area contributed by atoms with Gasteiger partial charge in [0.15, 0.2) is 0 Å². The van der Waals surface area contributed by atoms with E-state index in [1.807, 2.05) is 37.3 Å². The van der Waals surface area contributed by atoms with E-state index in [0.717, 1.165) is 16.1 Å². The van der Waals surface area contributed by atoms with Crippen LogP contribution in [0.3, 0.4) is 0 Å². The van der Waals surface area contributed by atoms with Crippen LogP contribution in [-0.2, 0) is 0 Å². The highest BCUT2D eigenvalue weighted by atomic mass is 35.5. The van der Waals surface area contributed by atoms with Gasteiger partial charge in [0, 0.05) is 22.1 Å². The maximum absolute atomic E-state index is 5.98. The highest BCUT2D eigenvalue weighted by Gasteiger charge is 2.09. The molecule has 3 aromatic rings. The Morgan fingerprint density at radius 2 is 1.71 bits per heavy atom. The third kappa shape index (κ3) is 4.61. The summed E-state index contributed by atoms with van der Waals surface area (Å²) in [5.74, 6) is 0.590. The molecule has 0 saturated carbocycles. The first-order valence-electron chi connectivity index (χ1n) is 6.15. The monoisotopic (exact) mass is 380 g/mol. The molecule has 1 unspecified atom stereocenters. The molecular formula is C15H12Cl4OS. The molecule has 0 amide bonds. The second kappa shape index (κ2) is 7.85. The van der Waals surface area contributed by atoms with E-state index in [4.69, 9.17) is 50.8 Å². The molecule has 0 spiro atoms. The Hall–Kier alpha value is -0.250. The SMILES string of the molecule is CC(CCl)Sc1c(Cl)cccc1Cl.Clc1cc2ccc1o2. The lowest BCUT2D eigenvalue weighted by Crippen LogP contribution is -1.96. The van der Waals surface area contributed by atoms with Gasteiger partial charge in [0.05, 0.1) is 15.1 Å². The fourth-order valence-corrected chi connectivity index (χ4v) is 3.47. The lowest BCUT2D eigenvalue weighted by molar-refractivity contribution is 0.675. The van der Waals surface area contributed by atoms with E-state index in [2.05, 4.69) is 0 Å². The van der Waals surface area contributed by atoms with Gasteiger partial charge < -0.3 is 4.42 Å². The number of alkyl halides is 1. The fraction of sp³-hybridized carbons (Fsp3) is 0.200. The van der Waals surface area contributed by atoms with Crippen LogP contribution in [0.4, 0.5) is 0 Å². The van der Waals surface area contributed by atoms with Crippen molar-refractivity contribution in [3.8, 4) is 0 Å². The van der Waals surface area contributed by atoms with E-state index in [1.54, 1.807) is 17.8 Å². The fourth-order valence-electron chi connectivity index (χ4n) is 1.58. The molecule has 6 heteroatoms. The molecule has 0 N–H and O–H groups in total. The van der Waals surface area contributed by atoms with Crippen LogP contribution in [0, 0.1) is 0 Å².